The number of hydrogen-bond acceptors (Lipinski definition) is 3. The van der Waals surface area contributed by atoms with E-state index in [9.17, 15) is 14.7 Å². The van der Waals surface area contributed by atoms with Gasteiger partial charge < -0.3 is 10.4 Å². The molecule has 3 aromatic rings. The number of aliphatic carboxylic acids is 1. The summed E-state index contributed by atoms with van der Waals surface area (Å²) in [6.45, 7) is 1.84. The molecule has 6 nitrogen and oxygen atoms in total. The Kier molecular flexibility index (Phi) is 4.79. The number of rotatable bonds is 6. The van der Waals surface area contributed by atoms with Crippen molar-refractivity contribution < 1.29 is 14.7 Å². The molecular formula is C19H19N3O3. The van der Waals surface area contributed by atoms with Gasteiger partial charge >= 0.3 is 5.97 Å². The number of hydrogen-bond donors (Lipinski definition) is 3. The zero-order valence-electron chi connectivity index (χ0n) is 13.8. The first-order valence-corrected chi connectivity index (χ1v) is 8.03. The molecule has 0 saturated heterocycles. The minimum absolute atomic E-state index is 0.0485. The summed E-state index contributed by atoms with van der Waals surface area (Å²) in [5.41, 5.74) is 1.96. The van der Waals surface area contributed by atoms with Crippen molar-refractivity contribution in [2.75, 3.05) is 6.54 Å². The minimum Gasteiger partial charge on any atom is -0.481 e. The number of carbonyl (C=O) groups excluding carboxylic acids is 1. The molecule has 0 aliphatic carbocycles. The van der Waals surface area contributed by atoms with Gasteiger partial charge in [0.05, 0.1) is 5.92 Å². The monoisotopic (exact) mass is 337 g/mol. The highest BCUT2D eigenvalue weighted by molar-refractivity contribution is 5.92. The maximum Gasteiger partial charge on any atom is 0.308 e. The van der Waals surface area contributed by atoms with Gasteiger partial charge in [-0.15, -0.1) is 0 Å². The second-order valence-electron chi connectivity index (χ2n) is 6.07. The number of aryl methyl sites for hydroxylation is 1. The van der Waals surface area contributed by atoms with Gasteiger partial charge in [-0.05, 0) is 35.7 Å². The number of H-pyrrole nitrogens is 1. The molecule has 0 bridgehead atoms. The summed E-state index contributed by atoms with van der Waals surface area (Å²) in [7, 11) is 0. The second-order valence-corrected chi connectivity index (χ2v) is 6.07. The normalized spacial score (nSPS) is 12.0. The molecule has 0 aliphatic heterocycles. The zero-order valence-corrected chi connectivity index (χ0v) is 13.8. The summed E-state index contributed by atoms with van der Waals surface area (Å²) >= 11 is 0. The highest BCUT2D eigenvalue weighted by Gasteiger charge is 2.20. The van der Waals surface area contributed by atoms with Crippen LogP contribution < -0.4 is 5.32 Å². The van der Waals surface area contributed by atoms with E-state index in [1.165, 1.54) is 0 Å². The topological polar surface area (TPSA) is 95.1 Å². The van der Waals surface area contributed by atoms with Gasteiger partial charge in [0.2, 0.25) is 0 Å². The van der Waals surface area contributed by atoms with Crippen molar-refractivity contribution in [1.29, 1.82) is 0 Å². The van der Waals surface area contributed by atoms with Crippen molar-refractivity contribution in [3.8, 4) is 0 Å². The van der Waals surface area contributed by atoms with Gasteiger partial charge in [0.25, 0.3) is 5.91 Å². The number of nitrogens with zero attached hydrogens (tertiary/aromatic N) is 1. The SMILES string of the molecule is Cc1cc(C(=O)NCC(Cc2ccc3ccccc3c2)C(=O)O)n[nH]1. The van der Waals surface area contributed by atoms with E-state index in [4.69, 9.17) is 0 Å². The summed E-state index contributed by atoms with van der Waals surface area (Å²) in [6, 6.07) is 15.4. The Morgan fingerprint density at radius 1 is 1.16 bits per heavy atom. The standard InChI is InChI=1S/C19H19N3O3/c1-12-8-17(22-21-12)18(23)20-11-16(19(24)25)10-13-6-7-14-4-2-3-5-15(14)9-13/h2-9,16H,10-11H2,1H3,(H,20,23)(H,21,22)(H,24,25). The third-order valence-electron chi connectivity index (χ3n) is 4.09. The van der Waals surface area contributed by atoms with Gasteiger partial charge in [0, 0.05) is 12.2 Å². The number of carbonyl (C=O) groups is 2. The molecule has 6 heteroatoms. The molecular weight excluding hydrogens is 318 g/mol. The summed E-state index contributed by atoms with van der Waals surface area (Å²) < 4.78 is 0. The number of fused-ring (bicyclic) bond motifs is 1. The summed E-state index contributed by atoms with van der Waals surface area (Å²) in [6.07, 6.45) is 0.347. The Morgan fingerprint density at radius 3 is 2.60 bits per heavy atom. The fourth-order valence-corrected chi connectivity index (χ4v) is 2.74. The fraction of sp³-hybridized carbons (Fsp3) is 0.211. The third-order valence-corrected chi connectivity index (χ3v) is 4.09. The first-order chi connectivity index (χ1) is 12.0. The Hall–Kier alpha value is -3.15. The third kappa shape index (κ3) is 4.03. The van der Waals surface area contributed by atoms with Crippen molar-refractivity contribution in [3.63, 3.8) is 0 Å². The van der Waals surface area contributed by atoms with Gasteiger partial charge in [-0.3, -0.25) is 14.7 Å². The summed E-state index contributed by atoms with van der Waals surface area (Å²) in [5, 5.41) is 20.9. The van der Waals surface area contributed by atoms with Crippen LogP contribution >= 0.6 is 0 Å². The van der Waals surface area contributed by atoms with Crippen LogP contribution in [-0.4, -0.2) is 33.7 Å². The van der Waals surface area contributed by atoms with Crippen LogP contribution in [0.3, 0.4) is 0 Å². The summed E-state index contributed by atoms with van der Waals surface area (Å²) in [5.74, 6) is -2.02. The number of benzene rings is 2. The van der Waals surface area contributed by atoms with Crippen molar-refractivity contribution in [2.45, 2.75) is 13.3 Å². The van der Waals surface area contributed by atoms with Crippen LogP contribution in [0, 0.1) is 12.8 Å². The molecule has 1 atom stereocenters. The Morgan fingerprint density at radius 2 is 1.92 bits per heavy atom. The van der Waals surface area contributed by atoms with Gasteiger partial charge in [0.1, 0.15) is 5.69 Å². The van der Waals surface area contributed by atoms with E-state index in [1.807, 2.05) is 42.5 Å². The quantitative estimate of drug-likeness (QED) is 0.644. The van der Waals surface area contributed by atoms with Crippen LogP contribution in [0.15, 0.2) is 48.5 Å². The lowest BCUT2D eigenvalue weighted by Gasteiger charge is -2.13. The van der Waals surface area contributed by atoms with E-state index in [-0.39, 0.29) is 18.1 Å². The number of carboxylic acid groups (broad SMARTS) is 1. The van der Waals surface area contributed by atoms with Crippen LogP contribution in [0.4, 0.5) is 0 Å². The number of aromatic nitrogens is 2. The predicted molar refractivity (Wildman–Crippen MR) is 94.4 cm³/mol. The zero-order chi connectivity index (χ0) is 17.8. The molecule has 0 aliphatic rings. The maximum absolute atomic E-state index is 12.0. The molecule has 0 fully saturated rings. The van der Waals surface area contributed by atoms with Crippen molar-refractivity contribution in [1.82, 2.24) is 15.5 Å². The number of nitrogens with one attached hydrogen (secondary N) is 2. The molecule has 2 aromatic carbocycles. The Labute approximate surface area is 144 Å². The number of amides is 1. The van der Waals surface area contributed by atoms with E-state index in [0.29, 0.717) is 6.42 Å². The Balaban J connectivity index is 1.68. The highest BCUT2D eigenvalue weighted by atomic mass is 16.4. The van der Waals surface area contributed by atoms with Gasteiger partial charge in [-0.2, -0.15) is 5.10 Å². The molecule has 128 valence electrons. The van der Waals surface area contributed by atoms with Crippen LogP contribution in [0.1, 0.15) is 21.7 Å². The molecule has 0 saturated carbocycles. The fourth-order valence-electron chi connectivity index (χ4n) is 2.74. The first-order valence-electron chi connectivity index (χ1n) is 8.03. The summed E-state index contributed by atoms with van der Waals surface area (Å²) in [4.78, 5) is 23.6. The molecule has 1 amide bonds. The second kappa shape index (κ2) is 7.17. The average molecular weight is 337 g/mol. The van der Waals surface area contributed by atoms with Crippen molar-refractivity contribution >= 4 is 22.6 Å². The number of aromatic amines is 1. The molecule has 25 heavy (non-hydrogen) atoms. The van der Waals surface area contributed by atoms with Crippen molar-refractivity contribution in [3.05, 3.63) is 65.5 Å². The molecule has 0 radical (unpaired) electrons. The maximum atomic E-state index is 12.0. The average Bonchev–Trinajstić information content (AvgIpc) is 3.04. The van der Waals surface area contributed by atoms with Gasteiger partial charge in [0.15, 0.2) is 0 Å². The van der Waals surface area contributed by atoms with Crippen LogP contribution in [0.5, 0.6) is 0 Å². The smallest absolute Gasteiger partial charge is 0.308 e. The molecule has 1 unspecified atom stereocenters. The first kappa shape index (κ1) is 16.7. The highest BCUT2D eigenvalue weighted by Crippen LogP contribution is 2.18. The molecule has 0 spiro atoms. The lowest BCUT2D eigenvalue weighted by atomic mass is 9.97. The molecule has 1 heterocycles. The van der Waals surface area contributed by atoms with Crippen LogP contribution in [-0.2, 0) is 11.2 Å². The largest absolute Gasteiger partial charge is 0.481 e. The van der Waals surface area contributed by atoms with E-state index < -0.39 is 11.9 Å². The minimum atomic E-state index is -0.938. The van der Waals surface area contributed by atoms with E-state index >= 15 is 0 Å². The van der Waals surface area contributed by atoms with Gasteiger partial charge in [-0.25, -0.2) is 0 Å². The predicted octanol–water partition coefficient (Wildman–Crippen LogP) is 2.54. The van der Waals surface area contributed by atoms with Gasteiger partial charge in [-0.1, -0.05) is 42.5 Å². The van der Waals surface area contributed by atoms with Crippen LogP contribution in [0.25, 0.3) is 10.8 Å². The molecule has 3 N–H and O–H groups in total. The van der Waals surface area contributed by atoms with E-state index in [0.717, 1.165) is 22.0 Å². The molecule has 3 rings (SSSR count). The van der Waals surface area contributed by atoms with E-state index in [2.05, 4.69) is 15.5 Å². The lowest BCUT2D eigenvalue weighted by Crippen LogP contribution is -2.34. The lowest BCUT2D eigenvalue weighted by molar-refractivity contribution is -0.141. The van der Waals surface area contributed by atoms with Crippen LogP contribution in [0.2, 0.25) is 0 Å². The number of carboxylic acids is 1. The molecule has 1 aromatic heterocycles. The Bertz CT molecular complexity index is 917. The van der Waals surface area contributed by atoms with Crippen molar-refractivity contribution in [2.24, 2.45) is 5.92 Å². The van der Waals surface area contributed by atoms with E-state index in [1.54, 1.807) is 13.0 Å².